The molecule has 1 fully saturated rings. The number of carboxylic acid groups (broad SMARTS) is 1. The largest absolute Gasteiger partial charge is 0.478 e. The Morgan fingerprint density at radius 1 is 1.23 bits per heavy atom. The van der Waals surface area contributed by atoms with Gasteiger partial charge < -0.3 is 15.2 Å². The van der Waals surface area contributed by atoms with Crippen molar-refractivity contribution < 1.29 is 19.4 Å². The van der Waals surface area contributed by atoms with Crippen LogP contribution in [0.2, 0.25) is 0 Å². The molecular weight excluding hydrogens is 410 g/mol. The van der Waals surface area contributed by atoms with Gasteiger partial charge >= 0.3 is 5.97 Å². The fraction of sp³-hybridized carbons (Fsp3) is 0.520. The van der Waals surface area contributed by atoms with Crippen LogP contribution in [0.15, 0.2) is 35.3 Å². The molecule has 1 heterocycles. The van der Waals surface area contributed by atoms with E-state index in [1.807, 2.05) is 39.2 Å². The molecule has 0 bridgehead atoms. The quantitative estimate of drug-likeness (QED) is 0.640. The lowest BCUT2D eigenvalue weighted by Gasteiger charge is -2.31. The smallest absolute Gasteiger partial charge is 0.347 e. The maximum atomic E-state index is 13.6. The number of carbonyl (C=O) groups excluding carboxylic acids is 1. The van der Waals surface area contributed by atoms with Gasteiger partial charge in [0, 0.05) is 35.2 Å². The number of aliphatic carboxylic acids is 1. The molecule has 3 atom stereocenters. The molecule has 6 heteroatoms. The van der Waals surface area contributed by atoms with Crippen molar-refractivity contribution in [2.45, 2.75) is 52.6 Å². The molecule has 2 N–H and O–H groups in total. The molecule has 0 radical (unpaired) electrons. The third-order valence-corrected chi connectivity index (χ3v) is 7.25. The normalized spacial score (nSPS) is 25.9. The van der Waals surface area contributed by atoms with Gasteiger partial charge in [0.15, 0.2) is 5.60 Å². The monoisotopic (exact) mass is 443 g/mol. The molecule has 1 aliphatic carbocycles. The summed E-state index contributed by atoms with van der Waals surface area (Å²) in [6.07, 6.45) is 9.07. The molecule has 31 heavy (non-hydrogen) atoms. The van der Waals surface area contributed by atoms with E-state index in [4.69, 9.17) is 4.74 Å². The highest BCUT2D eigenvalue weighted by molar-refractivity contribution is 8.02. The molecule has 1 aromatic rings. The van der Waals surface area contributed by atoms with Gasteiger partial charge in [-0.05, 0) is 64.0 Å². The maximum absolute atomic E-state index is 13.6. The summed E-state index contributed by atoms with van der Waals surface area (Å²) in [5.41, 5.74) is 1.09. The summed E-state index contributed by atoms with van der Waals surface area (Å²) in [5, 5.41) is 12.8. The second-order valence-corrected chi connectivity index (χ2v) is 10.3. The Morgan fingerprint density at radius 2 is 1.87 bits per heavy atom. The first-order valence-electron chi connectivity index (χ1n) is 10.7. The predicted octanol–water partition coefficient (Wildman–Crippen LogP) is 4.63. The van der Waals surface area contributed by atoms with Crippen LogP contribution < -0.4 is 10.1 Å². The van der Waals surface area contributed by atoms with Gasteiger partial charge in [-0.15, -0.1) is 11.8 Å². The van der Waals surface area contributed by atoms with Crippen LogP contribution in [-0.4, -0.2) is 41.8 Å². The number of hydrogen-bond donors (Lipinski definition) is 2. The minimum Gasteiger partial charge on any atom is -0.478 e. The second-order valence-electron chi connectivity index (χ2n) is 9.40. The van der Waals surface area contributed by atoms with E-state index in [9.17, 15) is 14.7 Å². The van der Waals surface area contributed by atoms with Gasteiger partial charge in [-0.2, -0.15) is 0 Å². The molecule has 2 aliphatic rings. The molecule has 0 saturated carbocycles. The zero-order valence-corrected chi connectivity index (χ0v) is 20.1. The number of nitrogens with one attached hydrogen (secondary N) is 1. The molecule has 5 nitrogen and oxygen atoms in total. The van der Waals surface area contributed by atoms with Gasteiger partial charge in [-0.1, -0.05) is 30.4 Å². The molecule has 1 saturated heterocycles. The lowest BCUT2D eigenvalue weighted by atomic mass is 9.71. The molecule has 2 unspecified atom stereocenters. The van der Waals surface area contributed by atoms with Gasteiger partial charge in [0.1, 0.15) is 11.5 Å². The van der Waals surface area contributed by atoms with E-state index in [1.54, 1.807) is 25.6 Å². The Hall–Kier alpha value is -2.05. The fourth-order valence-electron chi connectivity index (χ4n) is 4.43. The summed E-state index contributed by atoms with van der Waals surface area (Å²) in [6, 6.07) is 4.09. The molecule has 168 valence electrons. The van der Waals surface area contributed by atoms with Gasteiger partial charge in [-0.3, -0.25) is 4.79 Å². The number of benzene rings is 1. The van der Waals surface area contributed by atoms with Gasteiger partial charge in [0.25, 0.3) is 0 Å². The SMILES string of the molecule is CSC1=CCC(C)(C(=O)C2CNC[C@@H]2c2cc(C)c(OC(C)(C)C(=O)O)c(C)c2)C=C1. The first-order chi connectivity index (χ1) is 14.5. The summed E-state index contributed by atoms with van der Waals surface area (Å²) in [5.74, 6) is -0.143. The number of thioether (sulfide) groups is 1. The highest BCUT2D eigenvalue weighted by Gasteiger charge is 2.42. The van der Waals surface area contributed by atoms with Crippen molar-refractivity contribution in [3.63, 3.8) is 0 Å². The molecule has 0 spiro atoms. The molecule has 3 rings (SSSR count). The first kappa shape index (κ1) is 23.6. The van der Waals surface area contributed by atoms with Crippen molar-refractivity contribution in [3.8, 4) is 5.75 Å². The second kappa shape index (κ2) is 8.83. The van der Waals surface area contributed by atoms with Crippen molar-refractivity contribution in [1.29, 1.82) is 0 Å². The van der Waals surface area contributed by atoms with Crippen LogP contribution in [0.4, 0.5) is 0 Å². The molecule has 1 aliphatic heterocycles. The highest BCUT2D eigenvalue weighted by atomic mass is 32.2. The van der Waals surface area contributed by atoms with E-state index in [2.05, 4.69) is 23.5 Å². The Morgan fingerprint density at radius 3 is 2.39 bits per heavy atom. The average Bonchev–Trinajstić information content (AvgIpc) is 3.20. The molecule has 0 aromatic heterocycles. The highest BCUT2D eigenvalue weighted by Crippen LogP contribution is 2.41. The van der Waals surface area contributed by atoms with Crippen LogP contribution in [0.3, 0.4) is 0 Å². The van der Waals surface area contributed by atoms with Gasteiger partial charge in [0.05, 0.1) is 0 Å². The van der Waals surface area contributed by atoms with Crippen LogP contribution in [0.25, 0.3) is 0 Å². The summed E-state index contributed by atoms with van der Waals surface area (Å²) in [4.78, 5) is 26.3. The standard InChI is InChI=1S/C25H33NO4S/c1-15-11-17(12-16(2)21(15)30-24(3,4)23(28)29)19-13-26-14-20(19)22(27)25(5)9-7-18(31-6)8-10-25/h7-9,11-12,19-20,26H,10,13-14H2,1-6H3,(H,28,29)/t19-,20?,25?/m1/s1. The number of aryl methyl sites for hydroxylation is 2. The van der Waals surface area contributed by atoms with E-state index in [-0.39, 0.29) is 17.6 Å². The first-order valence-corrected chi connectivity index (χ1v) is 11.9. The van der Waals surface area contributed by atoms with Crippen LogP contribution in [0.1, 0.15) is 49.8 Å². The van der Waals surface area contributed by atoms with Crippen molar-refractivity contribution in [2.75, 3.05) is 19.3 Å². The number of hydrogen-bond acceptors (Lipinski definition) is 5. The number of Topliss-reactive ketones (excluding diaryl/α,β-unsaturated/α-hetero) is 1. The predicted molar refractivity (Wildman–Crippen MR) is 126 cm³/mol. The summed E-state index contributed by atoms with van der Waals surface area (Å²) in [7, 11) is 0. The van der Waals surface area contributed by atoms with Crippen LogP contribution in [0.5, 0.6) is 5.75 Å². The van der Waals surface area contributed by atoms with Crippen molar-refractivity contribution in [1.82, 2.24) is 5.32 Å². The van der Waals surface area contributed by atoms with Crippen LogP contribution in [-0.2, 0) is 9.59 Å². The molecular formula is C25H33NO4S. The fourth-order valence-corrected chi connectivity index (χ4v) is 4.89. The van der Waals surface area contributed by atoms with Crippen LogP contribution >= 0.6 is 11.8 Å². The van der Waals surface area contributed by atoms with Crippen molar-refractivity contribution >= 4 is 23.5 Å². The Labute approximate surface area is 189 Å². The summed E-state index contributed by atoms with van der Waals surface area (Å²) >= 11 is 1.70. The van der Waals surface area contributed by atoms with Crippen molar-refractivity contribution in [2.24, 2.45) is 11.3 Å². The minimum atomic E-state index is -1.31. The topological polar surface area (TPSA) is 75.6 Å². The number of carboxylic acids is 1. The van der Waals surface area contributed by atoms with Crippen LogP contribution in [0, 0.1) is 25.2 Å². The third-order valence-electron chi connectivity index (χ3n) is 6.48. The summed E-state index contributed by atoms with van der Waals surface area (Å²) < 4.78 is 5.85. The van der Waals surface area contributed by atoms with E-state index >= 15 is 0 Å². The van der Waals surface area contributed by atoms with Gasteiger partial charge in [-0.25, -0.2) is 4.79 Å². The number of carbonyl (C=O) groups is 2. The lowest BCUT2D eigenvalue weighted by Crippen LogP contribution is -2.38. The zero-order chi connectivity index (χ0) is 23.0. The number of ether oxygens (including phenoxy) is 1. The third kappa shape index (κ3) is 4.75. The lowest BCUT2D eigenvalue weighted by molar-refractivity contribution is -0.152. The Balaban J connectivity index is 1.86. The summed E-state index contributed by atoms with van der Waals surface area (Å²) in [6.45, 7) is 10.4. The average molecular weight is 444 g/mol. The van der Waals surface area contributed by atoms with E-state index < -0.39 is 17.0 Å². The van der Waals surface area contributed by atoms with E-state index in [1.165, 1.54) is 4.91 Å². The minimum absolute atomic E-state index is 0.0857. The maximum Gasteiger partial charge on any atom is 0.347 e. The number of ketones is 1. The number of allylic oxidation sites excluding steroid dienone is 3. The Kier molecular flexibility index (Phi) is 6.72. The molecule has 0 amide bonds. The molecule has 1 aromatic carbocycles. The van der Waals surface area contributed by atoms with Gasteiger partial charge in [0.2, 0.25) is 0 Å². The number of rotatable bonds is 7. The van der Waals surface area contributed by atoms with Crippen molar-refractivity contribution in [3.05, 3.63) is 52.0 Å². The van der Waals surface area contributed by atoms with E-state index in [0.29, 0.717) is 12.3 Å². The van der Waals surface area contributed by atoms with E-state index in [0.717, 1.165) is 29.7 Å². The Bertz CT molecular complexity index is 926. The zero-order valence-electron chi connectivity index (χ0n) is 19.2.